The van der Waals surface area contributed by atoms with Gasteiger partial charge >= 0.3 is 0 Å². The Bertz CT molecular complexity index is 737. The van der Waals surface area contributed by atoms with Crippen molar-refractivity contribution in [3.8, 4) is 0 Å². The minimum absolute atomic E-state index is 0.0537. The van der Waals surface area contributed by atoms with Crippen LogP contribution in [0.3, 0.4) is 0 Å². The van der Waals surface area contributed by atoms with Crippen molar-refractivity contribution < 1.29 is 14.0 Å². The zero-order chi connectivity index (χ0) is 16.2. The van der Waals surface area contributed by atoms with E-state index in [9.17, 15) is 9.59 Å². The molecule has 3 rings (SSSR count). The Kier molecular flexibility index (Phi) is 4.23. The number of amides is 2. The first-order valence-corrected chi connectivity index (χ1v) is 7.38. The minimum atomic E-state index is -0.404. The van der Waals surface area contributed by atoms with Gasteiger partial charge < -0.3 is 9.32 Å². The number of hydrazone groups is 1. The normalized spacial score (nSPS) is 17.9. The van der Waals surface area contributed by atoms with Gasteiger partial charge in [0.1, 0.15) is 11.5 Å². The molecule has 0 saturated carbocycles. The summed E-state index contributed by atoms with van der Waals surface area (Å²) in [6.45, 7) is 2.20. The minimum Gasteiger partial charge on any atom is -0.460 e. The van der Waals surface area contributed by atoms with Gasteiger partial charge in [-0.05, 0) is 31.2 Å². The van der Waals surface area contributed by atoms with Crippen molar-refractivity contribution in [2.24, 2.45) is 11.0 Å². The highest BCUT2D eigenvalue weighted by Gasteiger charge is 2.34. The molecule has 2 heterocycles. The van der Waals surface area contributed by atoms with Crippen molar-refractivity contribution in [2.75, 3.05) is 11.4 Å². The van der Waals surface area contributed by atoms with Gasteiger partial charge in [-0.25, -0.2) is 5.43 Å². The Morgan fingerprint density at radius 2 is 2.09 bits per heavy atom. The fraction of sp³-hybridized carbons (Fsp3) is 0.235. The molecule has 1 atom stereocenters. The molecule has 1 N–H and O–H groups in total. The Morgan fingerprint density at radius 1 is 1.30 bits per heavy atom. The number of aryl methyl sites for hydroxylation is 1. The number of nitrogens with one attached hydrogen (secondary N) is 1. The molecular weight excluding hydrogens is 294 g/mol. The van der Waals surface area contributed by atoms with Crippen LogP contribution in [0.4, 0.5) is 5.69 Å². The van der Waals surface area contributed by atoms with Gasteiger partial charge in [-0.3, -0.25) is 9.59 Å². The van der Waals surface area contributed by atoms with Gasteiger partial charge in [0.25, 0.3) is 0 Å². The zero-order valence-corrected chi connectivity index (χ0v) is 12.7. The molecule has 0 radical (unpaired) electrons. The SMILES string of the molecule is Cc1ccc(/C=N/NC(=O)[C@H]2CC(=O)N(c3ccccc3)C2)o1. The summed E-state index contributed by atoms with van der Waals surface area (Å²) in [6, 6.07) is 12.9. The number of benzene rings is 1. The first kappa shape index (κ1) is 15.0. The Balaban J connectivity index is 1.58. The molecule has 2 amide bonds. The van der Waals surface area contributed by atoms with Crippen molar-refractivity contribution in [1.82, 2.24) is 5.43 Å². The van der Waals surface area contributed by atoms with E-state index in [2.05, 4.69) is 10.5 Å². The molecule has 1 aliphatic rings. The van der Waals surface area contributed by atoms with Gasteiger partial charge in [0.2, 0.25) is 11.8 Å². The summed E-state index contributed by atoms with van der Waals surface area (Å²) < 4.78 is 5.32. The van der Waals surface area contributed by atoms with Crippen molar-refractivity contribution in [3.05, 3.63) is 54.0 Å². The Hall–Kier alpha value is -2.89. The molecule has 0 aliphatic carbocycles. The predicted molar refractivity (Wildman–Crippen MR) is 86.1 cm³/mol. The largest absolute Gasteiger partial charge is 0.460 e. The molecule has 118 valence electrons. The predicted octanol–water partition coefficient (Wildman–Crippen LogP) is 2.09. The molecule has 1 aromatic carbocycles. The number of carbonyl (C=O) groups is 2. The van der Waals surface area contributed by atoms with Gasteiger partial charge in [-0.1, -0.05) is 18.2 Å². The number of rotatable bonds is 4. The number of anilines is 1. The second kappa shape index (κ2) is 6.48. The quantitative estimate of drug-likeness (QED) is 0.694. The third kappa shape index (κ3) is 3.48. The first-order valence-electron chi connectivity index (χ1n) is 7.38. The summed E-state index contributed by atoms with van der Waals surface area (Å²) in [5.41, 5.74) is 3.27. The maximum absolute atomic E-state index is 12.1. The van der Waals surface area contributed by atoms with Crippen LogP contribution in [-0.2, 0) is 9.59 Å². The van der Waals surface area contributed by atoms with Crippen LogP contribution in [0.15, 0.2) is 52.0 Å². The van der Waals surface area contributed by atoms with Crippen LogP contribution in [0.25, 0.3) is 0 Å². The highest BCUT2D eigenvalue weighted by Crippen LogP contribution is 2.24. The Labute approximate surface area is 133 Å². The summed E-state index contributed by atoms with van der Waals surface area (Å²) in [5.74, 6) is 0.616. The fourth-order valence-corrected chi connectivity index (χ4v) is 2.51. The van der Waals surface area contributed by atoms with E-state index in [1.807, 2.05) is 43.3 Å². The maximum atomic E-state index is 12.1. The summed E-state index contributed by atoms with van der Waals surface area (Å²) >= 11 is 0. The lowest BCUT2D eigenvalue weighted by Crippen LogP contribution is -2.30. The second-order valence-electron chi connectivity index (χ2n) is 5.42. The van der Waals surface area contributed by atoms with Crippen LogP contribution in [0.1, 0.15) is 17.9 Å². The highest BCUT2D eigenvalue weighted by molar-refractivity contribution is 6.00. The number of para-hydroxylation sites is 1. The van der Waals surface area contributed by atoms with Crippen molar-refractivity contribution in [2.45, 2.75) is 13.3 Å². The molecular formula is C17H17N3O3. The lowest BCUT2D eigenvalue weighted by Gasteiger charge is -2.16. The highest BCUT2D eigenvalue weighted by atomic mass is 16.3. The molecule has 2 aromatic rings. The van der Waals surface area contributed by atoms with Crippen LogP contribution in [0.5, 0.6) is 0 Å². The fourth-order valence-electron chi connectivity index (χ4n) is 2.51. The van der Waals surface area contributed by atoms with Crippen molar-refractivity contribution in [1.29, 1.82) is 0 Å². The van der Waals surface area contributed by atoms with Crippen LogP contribution in [-0.4, -0.2) is 24.6 Å². The van der Waals surface area contributed by atoms with E-state index in [0.29, 0.717) is 12.3 Å². The molecule has 1 saturated heterocycles. The third-order valence-electron chi connectivity index (χ3n) is 3.69. The zero-order valence-electron chi connectivity index (χ0n) is 12.7. The second-order valence-corrected chi connectivity index (χ2v) is 5.42. The van der Waals surface area contributed by atoms with E-state index in [1.54, 1.807) is 11.0 Å². The van der Waals surface area contributed by atoms with E-state index < -0.39 is 5.92 Å². The van der Waals surface area contributed by atoms with E-state index in [4.69, 9.17) is 4.42 Å². The Morgan fingerprint density at radius 3 is 2.78 bits per heavy atom. The van der Waals surface area contributed by atoms with Crippen molar-refractivity contribution >= 4 is 23.7 Å². The van der Waals surface area contributed by atoms with Crippen LogP contribution < -0.4 is 10.3 Å². The smallest absolute Gasteiger partial charge is 0.245 e. The molecule has 0 unspecified atom stereocenters. The van der Waals surface area contributed by atoms with Gasteiger partial charge in [0, 0.05) is 18.7 Å². The molecule has 23 heavy (non-hydrogen) atoms. The number of nitrogens with zero attached hydrogens (tertiary/aromatic N) is 2. The van der Waals surface area contributed by atoms with E-state index in [0.717, 1.165) is 11.4 Å². The summed E-state index contributed by atoms with van der Waals surface area (Å²) in [7, 11) is 0. The topological polar surface area (TPSA) is 74.9 Å². The van der Waals surface area contributed by atoms with Crippen LogP contribution >= 0.6 is 0 Å². The lowest BCUT2D eigenvalue weighted by molar-refractivity contribution is -0.126. The molecule has 0 bridgehead atoms. The van der Waals surface area contributed by atoms with Gasteiger partial charge in [0.05, 0.1) is 12.1 Å². The average Bonchev–Trinajstić information content (AvgIpc) is 3.14. The summed E-state index contributed by atoms with van der Waals surface area (Å²) in [5, 5.41) is 3.87. The van der Waals surface area contributed by atoms with Crippen LogP contribution in [0.2, 0.25) is 0 Å². The lowest BCUT2D eigenvalue weighted by atomic mass is 10.1. The molecule has 1 aliphatic heterocycles. The average molecular weight is 311 g/mol. The number of carbonyl (C=O) groups excluding carboxylic acids is 2. The summed E-state index contributed by atoms with van der Waals surface area (Å²) in [6.07, 6.45) is 1.63. The molecule has 0 spiro atoms. The molecule has 6 nitrogen and oxygen atoms in total. The molecule has 6 heteroatoms. The first-order chi connectivity index (χ1) is 11.1. The maximum Gasteiger partial charge on any atom is 0.245 e. The van der Waals surface area contributed by atoms with E-state index >= 15 is 0 Å². The molecule has 1 fully saturated rings. The standard InChI is InChI=1S/C17H17N3O3/c1-12-7-8-15(23-12)10-18-19-17(22)13-9-16(21)20(11-13)14-5-3-2-4-6-14/h2-8,10,13H,9,11H2,1H3,(H,19,22)/b18-10+/t13-/m0/s1. The number of furan rings is 1. The van der Waals surface area contributed by atoms with Crippen molar-refractivity contribution in [3.63, 3.8) is 0 Å². The third-order valence-corrected chi connectivity index (χ3v) is 3.69. The van der Waals surface area contributed by atoms with E-state index in [1.165, 1.54) is 6.21 Å². The number of hydrogen-bond acceptors (Lipinski definition) is 4. The monoisotopic (exact) mass is 311 g/mol. The number of hydrogen-bond donors (Lipinski definition) is 1. The van der Waals surface area contributed by atoms with Gasteiger partial charge in [-0.2, -0.15) is 5.10 Å². The van der Waals surface area contributed by atoms with Gasteiger partial charge in [-0.15, -0.1) is 0 Å². The van der Waals surface area contributed by atoms with Gasteiger partial charge in [0.15, 0.2) is 0 Å². The van der Waals surface area contributed by atoms with Crippen LogP contribution in [0, 0.1) is 12.8 Å². The summed E-state index contributed by atoms with van der Waals surface area (Å²) in [4.78, 5) is 25.8. The van der Waals surface area contributed by atoms with E-state index in [-0.39, 0.29) is 18.2 Å². The molecule has 1 aromatic heterocycles.